The van der Waals surface area contributed by atoms with E-state index in [1.54, 1.807) is 35.7 Å². The second-order valence-corrected chi connectivity index (χ2v) is 7.53. The van der Waals surface area contributed by atoms with Crippen molar-refractivity contribution in [2.45, 2.75) is 24.7 Å². The number of nitrogens with two attached hydrogens (primary N) is 1. The van der Waals surface area contributed by atoms with Gasteiger partial charge in [0.05, 0.1) is 13.7 Å². The molecular formula is C20H25FN5O2S+. The molecule has 7 nitrogen and oxygen atoms in total. The van der Waals surface area contributed by atoms with Gasteiger partial charge < -0.3 is 14.8 Å². The highest BCUT2D eigenvalue weighted by Gasteiger charge is 2.08. The average Bonchev–Trinajstić information content (AvgIpc) is 3.15. The number of thioether (sulfide) groups is 1. The van der Waals surface area contributed by atoms with Crippen molar-refractivity contribution in [1.82, 2.24) is 20.2 Å². The van der Waals surface area contributed by atoms with E-state index < -0.39 is 0 Å². The molecule has 1 heterocycles. The second-order valence-electron chi connectivity index (χ2n) is 6.47. The number of rotatable bonds is 11. The Morgan fingerprint density at radius 2 is 1.90 bits per heavy atom. The normalized spacial score (nSPS) is 10.9. The summed E-state index contributed by atoms with van der Waals surface area (Å²) in [5.41, 5.74) is 2.07. The van der Waals surface area contributed by atoms with Crippen LogP contribution in [0.4, 0.5) is 4.39 Å². The van der Waals surface area contributed by atoms with Crippen molar-refractivity contribution in [3.63, 3.8) is 0 Å². The van der Waals surface area contributed by atoms with Crippen molar-refractivity contribution in [1.29, 1.82) is 0 Å². The number of halogens is 1. The van der Waals surface area contributed by atoms with Gasteiger partial charge in [-0.25, -0.2) is 9.07 Å². The van der Waals surface area contributed by atoms with Crippen molar-refractivity contribution in [2.75, 3.05) is 19.4 Å². The van der Waals surface area contributed by atoms with Gasteiger partial charge in [0.1, 0.15) is 19.0 Å². The van der Waals surface area contributed by atoms with Crippen LogP contribution in [0, 0.1) is 5.82 Å². The maximum absolute atomic E-state index is 13.0. The van der Waals surface area contributed by atoms with Crippen LogP contribution in [0.1, 0.15) is 17.5 Å². The summed E-state index contributed by atoms with van der Waals surface area (Å²) in [4.78, 5) is 0. The van der Waals surface area contributed by atoms with E-state index in [0.29, 0.717) is 18.1 Å². The van der Waals surface area contributed by atoms with Crippen LogP contribution in [-0.4, -0.2) is 39.6 Å². The van der Waals surface area contributed by atoms with Crippen LogP contribution in [0.15, 0.2) is 47.6 Å². The fourth-order valence-electron chi connectivity index (χ4n) is 2.70. The Hall–Kier alpha value is -2.65. The van der Waals surface area contributed by atoms with Gasteiger partial charge in [-0.1, -0.05) is 23.9 Å². The molecule has 0 saturated carbocycles. The number of methoxy groups -OCH3 is 1. The summed E-state index contributed by atoms with van der Waals surface area (Å²) in [6.07, 6.45) is 1.06. The third-order valence-corrected chi connectivity index (χ3v) is 5.38. The standard InChI is InChI=1S/C20H24FN5O2S/c1-26-20(23-24-25-26)29-11-3-10-22-13-16-6-9-18(19(12-16)27-2)28-14-15-4-7-17(21)8-5-15/h4-9,12,22H,3,10-11,13-14H2,1-2H3/p+1. The lowest BCUT2D eigenvalue weighted by molar-refractivity contribution is -0.670. The molecule has 154 valence electrons. The van der Waals surface area contributed by atoms with E-state index in [-0.39, 0.29) is 5.82 Å². The zero-order chi connectivity index (χ0) is 20.5. The third-order valence-electron chi connectivity index (χ3n) is 4.28. The number of hydrogen-bond acceptors (Lipinski definition) is 6. The largest absolute Gasteiger partial charge is 0.493 e. The number of aryl methyl sites for hydroxylation is 1. The minimum absolute atomic E-state index is 0.254. The van der Waals surface area contributed by atoms with E-state index >= 15 is 0 Å². The van der Waals surface area contributed by atoms with Crippen molar-refractivity contribution in [3.05, 3.63) is 59.4 Å². The van der Waals surface area contributed by atoms with Crippen LogP contribution in [0.25, 0.3) is 0 Å². The molecule has 0 aliphatic carbocycles. The highest BCUT2D eigenvalue weighted by atomic mass is 32.2. The van der Waals surface area contributed by atoms with Gasteiger partial charge in [0.25, 0.3) is 0 Å². The Kier molecular flexibility index (Phi) is 7.83. The van der Waals surface area contributed by atoms with Crippen LogP contribution < -0.4 is 14.8 Å². The maximum Gasteiger partial charge on any atom is 0.209 e. The molecule has 0 aliphatic heterocycles. The van der Waals surface area contributed by atoms with Crippen LogP contribution in [-0.2, 0) is 20.2 Å². The first-order valence-electron chi connectivity index (χ1n) is 9.36. The molecule has 2 aromatic carbocycles. The molecule has 29 heavy (non-hydrogen) atoms. The number of hydrogen-bond donors (Lipinski definition) is 1. The number of quaternary nitrogens is 1. The molecule has 0 fully saturated rings. The first kappa shape index (κ1) is 21.1. The fraction of sp³-hybridized carbons (Fsp3) is 0.350. The number of benzene rings is 2. The molecule has 0 bridgehead atoms. The average molecular weight is 419 g/mol. The number of nitrogens with zero attached hydrogens (tertiary/aromatic N) is 4. The van der Waals surface area contributed by atoms with Crippen molar-refractivity contribution in [3.8, 4) is 11.5 Å². The molecule has 1 aromatic heterocycles. The van der Waals surface area contributed by atoms with E-state index in [4.69, 9.17) is 9.47 Å². The van der Waals surface area contributed by atoms with Crippen LogP contribution >= 0.6 is 11.8 Å². The van der Waals surface area contributed by atoms with Gasteiger partial charge >= 0.3 is 0 Å². The quantitative estimate of drug-likeness (QED) is 0.380. The van der Waals surface area contributed by atoms with Crippen molar-refractivity contribution < 1.29 is 19.2 Å². The number of tetrazole rings is 1. The Labute approximate surface area is 173 Å². The van der Waals surface area contributed by atoms with Gasteiger partial charge in [0.15, 0.2) is 11.5 Å². The molecule has 0 spiro atoms. The number of aromatic nitrogens is 4. The van der Waals surface area contributed by atoms with E-state index in [1.807, 2.05) is 25.2 Å². The van der Waals surface area contributed by atoms with Crippen LogP contribution in [0.3, 0.4) is 0 Å². The third kappa shape index (κ3) is 6.43. The van der Waals surface area contributed by atoms with Gasteiger partial charge in [-0.05, 0) is 46.3 Å². The van der Waals surface area contributed by atoms with E-state index in [0.717, 1.165) is 36.0 Å². The summed E-state index contributed by atoms with van der Waals surface area (Å²) in [5.74, 6) is 2.10. The highest BCUT2D eigenvalue weighted by molar-refractivity contribution is 7.99. The smallest absolute Gasteiger partial charge is 0.209 e. The molecule has 3 rings (SSSR count). The van der Waals surface area contributed by atoms with Crippen molar-refractivity contribution in [2.24, 2.45) is 7.05 Å². The predicted molar refractivity (Wildman–Crippen MR) is 108 cm³/mol. The molecular weight excluding hydrogens is 393 g/mol. The fourth-order valence-corrected chi connectivity index (χ4v) is 3.51. The minimum atomic E-state index is -0.254. The predicted octanol–water partition coefficient (Wildman–Crippen LogP) is 2.18. The van der Waals surface area contributed by atoms with Crippen molar-refractivity contribution >= 4 is 11.8 Å². The molecule has 0 aliphatic rings. The molecule has 0 amide bonds. The van der Waals surface area contributed by atoms with E-state index in [2.05, 4.69) is 20.8 Å². The van der Waals surface area contributed by atoms with Crippen LogP contribution in [0.2, 0.25) is 0 Å². The zero-order valence-electron chi connectivity index (χ0n) is 16.5. The molecule has 3 aromatic rings. The summed E-state index contributed by atoms with van der Waals surface area (Å²) >= 11 is 1.66. The molecule has 0 saturated heterocycles. The van der Waals surface area contributed by atoms with Gasteiger partial charge in [-0.15, -0.1) is 5.10 Å². The monoisotopic (exact) mass is 418 g/mol. The second kappa shape index (κ2) is 10.8. The Bertz CT molecular complexity index is 904. The van der Waals surface area contributed by atoms with E-state index in [1.165, 1.54) is 17.7 Å². The van der Waals surface area contributed by atoms with Gasteiger partial charge in [-0.3, -0.25) is 0 Å². The minimum Gasteiger partial charge on any atom is -0.493 e. The Morgan fingerprint density at radius 3 is 2.62 bits per heavy atom. The van der Waals surface area contributed by atoms with Gasteiger partial charge in [0, 0.05) is 24.8 Å². The summed E-state index contributed by atoms with van der Waals surface area (Å²) in [5, 5.41) is 14.5. The van der Waals surface area contributed by atoms with Gasteiger partial charge in [0.2, 0.25) is 5.16 Å². The van der Waals surface area contributed by atoms with Crippen LogP contribution in [0.5, 0.6) is 11.5 Å². The van der Waals surface area contributed by atoms with E-state index in [9.17, 15) is 4.39 Å². The SMILES string of the molecule is COc1cc(C[NH2+]CCCSc2nnnn2C)ccc1OCc1ccc(F)cc1. The maximum atomic E-state index is 13.0. The lowest BCUT2D eigenvalue weighted by Gasteiger charge is -2.12. The van der Waals surface area contributed by atoms with Gasteiger partial charge in [-0.2, -0.15) is 0 Å². The summed E-state index contributed by atoms with van der Waals surface area (Å²) in [6.45, 7) is 2.25. The lowest BCUT2D eigenvalue weighted by Crippen LogP contribution is -2.82. The first-order valence-corrected chi connectivity index (χ1v) is 10.3. The highest BCUT2D eigenvalue weighted by Crippen LogP contribution is 2.28. The molecule has 0 atom stereocenters. The molecule has 0 radical (unpaired) electrons. The molecule has 0 unspecified atom stereocenters. The summed E-state index contributed by atoms with van der Waals surface area (Å²) in [6, 6.07) is 12.2. The molecule has 9 heteroatoms. The topological polar surface area (TPSA) is 78.7 Å². The number of ether oxygens (including phenoxy) is 2. The lowest BCUT2D eigenvalue weighted by atomic mass is 10.2. The molecule has 2 N–H and O–H groups in total. The summed E-state index contributed by atoms with van der Waals surface area (Å²) < 4.78 is 26.0. The zero-order valence-corrected chi connectivity index (χ0v) is 17.4. The first-order chi connectivity index (χ1) is 14.2. The summed E-state index contributed by atoms with van der Waals surface area (Å²) in [7, 11) is 3.47. The Balaban J connectivity index is 1.42. The Morgan fingerprint density at radius 1 is 1.10 bits per heavy atom.